The van der Waals surface area contributed by atoms with Crippen molar-refractivity contribution >= 4 is 33.2 Å². The van der Waals surface area contributed by atoms with Gasteiger partial charge in [0.05, 0.1) is 17.7 Å². The molecule has 0 aliphatic heterocycles. The van der Waals surface area contributed by atoms with Crippen LogP contribution in [0.4, 0.5) is 5.69 Å². The lowest BCUT2D eigenvalue weighted by molar-refractivity contribution is -0.119. The van der Waals surface area contributed by atoms with Crippen LogP contribution in [0.25, 0.3) is 0 Å². The van der Waals surface area contributed by atoms with Crippen molar-refractivity contribution in [1.82, 2.24) is 5.32 Å². The van der Waals surface area contributed by atoms with Gasteiger partial charge in [-0.2, -0.15) is 0 Å². The van der Waals surface area contributed by atoms with Crippen molar-refractivity contribution in [3.63, 3.8) is 0 Å². The minimum absolute atomic E-state index is 0.0663. The number of nitrogens with one attached hydrogen (secondary N) is 1. The van der Waals surface area contributed by atoms with E-state index in [1.807, 2.05) is 38.1 Å². The molecule has 1 N–H and O–H groups in total. The third-order valence-electron chi connectivity index (χ3n) is 4.88. The largest absolute Gasteiger partial charge is 0.495 e. The van der Waals surface area contributed by atoms with Gasteiger partial charge in [0.15, 0.2) is 0 Å². The summed E-state index contributed by atoms with van der Waals surface area (Å²) in [7, 11) is -2.64. The van der Waals surface area contributed by atoms with Crippen LogP contribution in [0.5, 0.6) is 5.75 Å². The van der Waals surface area contributed by atoms with Gasteiger partial charge in [-0.05, 0) is 49.7 Å². The van der Waals surface area contributed by atoms with E-state index in [9.17, 15) is 13.2 Å². The number of hydrogen-bond acceptors (Lipinski definition) is 4. The minimum atomic E-state index is -4.07. The quantitative estimate of drug-likeness (QED) is 0.524. The Morgan fingerprint density at radius 2 is 1.72 bits per heavy atom. The van der Waals surface area contributed by atoms with Crippen LogP contribution < -0.4 is 14.4 Å². The van der Waals surface area contributed by atoms with E-state index >= 15 is 0 Å². The maximum atomic E-state index is 13.5. The van der Waals surface area contributed by atoms with E-state index in [1.165, 1.54) is 25.3 Å². The third kappa shape index (κ3) is 5.60. The number of carbonyl (C=O) groups is 1. The van der Waals surface area contributed by atoms with E-state index in [1.54, 1.807) is 24.3 Å². The van der Waals surface area contributed by atoms with E-state index in [4.69, 9.17) is 16.3 Å². The van der Waals surface area contributed by atoms with Gasteiger partial charge in [-0.15, -0.1) is 0 Å². The Hall–Kier alpha value is -3.03. The van der Waals surface area contributed by atoms with Crippen LogP contribution in [0, 0.1) is 13.8 Å². The molecular formula is C24H25ClN2O4S. The number of rotatable bonds is 8. The molecular weight excluding hydrogens is 448 g/mol. The van der Waals surface area contributed by atoms with Crippen molar-refractivity contribution in [2.24, 2.45) is 0 Å². The monoisotopic (exact) mass is 472 g/mol. The van der Waals surface area contributed by atoms with Gasteiger partial charge < -0.3 is 10.1 Å². The molecule has 0 radical (unpaired) electrons. The molecule has 3 aromatic rings. The molecule has 0 heterocycles. The lowest BCUT2D eigenvalue weighted by atomic mass is 10.1. The predicted octanol–water partition coefficient (Wildman–Crippen LogP) is 4.48. The Kier molecular flexibility index (Phi) is 7.43. The van der Waals surface area contributed by atoms with Crippen molar-refractivity contribution in [2.75, 3.05) is 18.0 Å². The first-order valence-electron chi connectivity index (χ1n) is 9.96. The summed E-state index contributed by atoms with van der Waals surface area (Å²) in [5.74, 6) is -0.166. The minimum Gasteiger partial charge on any atom is -0.495 e. The van der Waals surface area contributed by atoms with Crippen molar-refractivity contribution in [3.8, 4) is 5.75 Å². The summed E-state index contributed by atoms with van der Waals surface area (Å²) in [6.45, 7) is 3.68. The van der Waals surface area contributed by atoms with Gasteiger partial charge in [0.25, 0.3) is 10.0 Å². The molecule has 0 spiro atoms. The molecule has 3 rings (SSSR count). The summed E-state index contributed by atoms with van der Waals surface area (Å²) in [6.07, 6.45) is 0. The number of aryl methyl sites for hydroxylation is 2. The zero-order valence-electron chi connectivity index (χ0n) is 18.1. The van der Waals surface area contributed by atoms with Crippen LogP contribution in [-0.4, -0.2) is 28.0 Å². The molecule has 0 unspecified atom stereocenters. The highest BCUT2D eigenvalue weighted by atomic mass is 35.5. The van der Waals surface area contributed by atoms with Gasteiger partial charge in [0.1, 0.15) is 12.3 Å². The molecule has 0 saturated heterocycles. The highest BCUT2D eigenvalue weighted by molar-refractivity contribution is 7.92. The van der Waals surface area contributed by atoms with Gasteiger partial charge in [-0.3, -0.25) is 9.10 Å². The molecule has 0 aliphatic carbocycles. The standard InChI is InChI=1S/C24H25ClN2O4S/c1-17-7-10-21(11-8-17)32(29,30)27(22-14-20(25)9-12-23(22)31-3)16-24(28)26-15-19-6-4-5-18(2)13-19/h4-14H,15-16H2,1-3H3,(H,26,28). The second kappa shape index (κ2) is 10.1. The van der Waals surface area contributed by atoms with Crippen molar-refractivity contribution in [3.05, 3.63) is 88.4 Å². The highest BCUT2D eigenvalue weighted by Gasteiger charge is 2.29. The van der Waals surface area contributed by atoms with Gasteiger partial charge >= 0.3 is 0 Å². The number of benzene rings is 3. The first-order valence-corrected chi connectivity index (χ1v) is 11.8. The van der Waals surface area contributed by atoms with Crippen LogP contribution in [0.3, 0.4) is 0 Å². The second-order valence-corrected chi connectivity index (χ2v) is 9.71. The fourth-order valence-corrected chi connectivity index (χ4v) is 4.79. The van der Waals surface area contributed by atoms with Gasteiger partial charge in [0.2, 0.25) is 5.91 Å². The number of hydrogen-bond donors (Lipinski definition) is 1. The number of sulfonamides is 1. The summed E-state index contributed by atoms with van der Waals surface area (Å²) >= 11 is 6.15. The zero-order valence-corrected chi connectivity index (χ0v) is 19.7. The fraction of sp³-hybridized carbons (Fsp3) is 0.208. The SMILES string of the molecule is COc1ccc(Cl)cc1N(CC(=O)NCc1cccc(C)c1)S(=O)(=O)c1ccc(C)cc1. The van der Waals surface area contributed by atoms with Crippen molar-refractivity contribution in [2.45, 2.75) is 25.3 Å². The average Bonchev–Trinajstić information content (AvgIpc) is 2.76. The first-order chi connectivity index (χ1) is 15.2. The highest BCUT2D eigenvalue weighted by Crippen LogP contribution is 2.34. The summed E-state index contributed by atoms with van der Waals surface area (Å²) in [6, 6.07) is 18.8. The fourth-order valence-electron chi connectivity index (χ4n) is 3.20. The zero-order chi connectivity index (χ0) is 23.3. The Bertz CT molecular complexity index is 1210. The van der Waals surface area contributed by atoms with Crippen LogP contribution in [0.1, 0.15) is 16.7 Å². The molecule has 3 aromatic carbocycles. The van der Waals surface area contributed by atoms with Crippen LogP contribution in [0.15, 0.2) is 71.6 Å². The van der Waals surface area contributed by atoms with E-state index in [0.717, 1.165) is 21.0 Å². The number of carbonyl (C=O) groups excluding carboxylic acids is 1. The molecule has 1 amide bonds. The second-order valence-electron chi connectivity index (χ2n) is 7.41. The summed E-state index contributed by atoms with van der Waals surface area (Å²) < 4.78 is 33.4. The van der Waals surface area contributed by atoms with Gasteiger partial charge in [0, 0.05) is 11.6 Å². The molecule has 0 aromatic heterocycles. The molecule has 0 atom stereocenters. The number of methoxy groups -OCH3 is 1. The lowest BCUT2D eigenvalue weighted by Crippen LogP contribution is -2.40. The maximum Gasteiger partial charge on any atom is 0.264 e. The molecule has 32 heavy (non-hydrogen) atoms. The van der Waals surface area contributed by atoms with Crippen LogP contribution in [-0.2, 0) is 21.4 Å². The molecule has 0 bridgehead atoms. The van der Waals surface area contributed by atoms with Crippen LogP contribution >= 0.6 is 11.6 Å². The Balaban J connectivity index is 1.94. The first kappa shape index (κ1) is 23.6. The lowest BCUT2D eigenvalue weighted by Gasteiger charge is -2.26. The molecule has 0 saturated carbocycles. The topological polar surface area (TPSA) is 75.7 Å². The van der Waals surface area contributed by atoms with Crippen LogP contribution in [0.2, 0.25) is 5.02 Å². The summed E-state index contributed by atoms with van der Waals surface area (Å²) in [5, 5.41) is 3.12. The number of amides is 1. The van der Waals surface area contributed by atoms with Crippen molar-refractivity contribution in [1.29, 1.82) is 0 Å². The van der Waals surface area contributed by atoms with E-state index in [-0.39, 0.29) is 22.9 Å². The van der Waals surface area contributed by atoms with E-state index in [2.05, 4.69) is 5.32 Å². The molecule has 168 valence electrons. The smallest absolute Gasteiger partial charge is 0.264 e. The molecule has 6 nitrogen and oxygen atoms in total. The normalized spacial score (nSPS) is 11.1. The molecule has 8 heteroatoms. The molecule has 0 aliphatic rings. The number of anilines is 1. The van der Waals surface area contributed by atoms with Crippen molar-refractivity contribution < 1.29 is 17.9 Å². The third-order valence-corrected chi connectivity index (χ3v) is 6.89. The number of nitrogens with zero attached hydrogens (tertiary/aromatic N) is 1. The maximum absolute atomic E-state index is 13.5. The van der Waals surface area contributed by atoms with E-state index < -0.39 is 22.5 Å². The summed E-state index contributed by atoms with van der Waals surface area (Å²) in [5.41, 5.74) is 3.11. The Labute approximate surface area is 193 Å². The van der Waals surface area contributed by atoms with Gasteiger partial charge in [-0.25, -0.2) is 8.42 Å². The van der Waals surface area contributed by atoms with Gasteiger partial charge in [-0.1, -0.05) is 59.1 Å². The Morgan fingerprint density at radius 3 is 2.38 bits per heavy atom. The Morgan fingerprint density at radius 1 is 1.00 bits per heavy atom. The number of halogens is 1. The van der Waals surface area contributed by atoms with E-state index in [0.29, 0.717) is 5.02 Å². The molecule has 0 fully saturated rings. The number of ether oxygens (including phenoxy) is 1. The summed E-state index contributed by atoms with van der Waals surface area (Å²) in [4.78, 5) is 12.9. The average molecular weight is 473 g/mol. The predicted molar refractivity (Wildman–Crippen MR) is 127 cm³/mol.